The van der Waals surface area contributed by atoms with E-state index in [1.54, 1.807) is 19.1 Å². The molecule has 0 aliphatic heterocycles. The second-order valence-electron chi connectivity index (χ2n) is 3.63. The van der Waals surface area contributed by atoms with Crippen LogP contribution < -0.4 is 9.46 Å². The van der Waals surface area contributed by atoms with E-state index in [1.165, 1.54) is 13.2 Å². The van der Waals surface area contributed by atoms with Crippen molar-refractivity contribution in [3.8, 4) is 5.75 Å². The number of nitrogens with one attached hydrogen (secondary N) is 1. The van der Waals surface area contributed by atoms with Crippen LogP contribution in [0.2, 0.25) is 0 Å². The summed E-state index contributed by atoms with van der Waals surface area (Å²) in [6.45, 7) is 1.93. The fourth-order valence-corrected chi connectivity index (χ4v) is 3.86. The quantitative estimate of drug-likeness (QED) is 0.790. The Morgan fingerprint density at radius 3 is 2.68 bits per heavy atom. The van der Waals surface area contributed by atoms with Gasteiger partial charge in [0.05, 0.1) is 7.11 Å². The predicted octanol–water partition coefficient (Wildman–Crippen LogP) is 1.50. The lowest BCUT2D eigenvalue weighted by atomic mass is 10.3. The minimum Gasteiger partial charge on any atom is -0.495 e. The van der Waals surface area contributed by atoms with Gasteiger partial charge in [0.1, 0.15) is 10.6 Å². The highest BCUT2D eigenvalue weighted by atomic mass is 79.9. The van der Waals surface area contributed by atoms with Crippen LogP contribution in [0.5, 0.6) is 5.75 Å². The second kappa shape index (κ2) is 7.37. The highest BCUT2D eigenvalue weighted by Crippen LogP contribution is 2.26. The van der Waals surface area contributed by atoms with Gasteiger partial charge in [-0.2, -0.15) is 0 Å². The summed E-state index contributed by atoms with van der Waals surface area (Å²) >= 11 is 3.22. The van der Waals surface area contributed by atoms with Crippen LogP contribution in [0.1, 0.15) is 6.92 Å². The molecule has 1 aromatic carbocycles. The Balaban J connectivity index is 2.88. The van der Waals surface area contributed by atoms with Gasteiger partial charge in [-0.25, -0.2) is 13.1 Å². The number of hydrogen-bond acceptors (Lipinski definition) is 4. The van der Waals surface area contributed by atoms with Crippen LogP contribution in [0.25, 0.3) is 0 Å². The molecule has 8 heteroatoms. The fraction of sp³-hybridized carbons (Fsp3) is 0.455. The average molecular weight is 370 g/mol. The smallest absolute Gasteiger partial charge is 0.244 e. The third-order valence-electron chi connectivity index (χ3n) is 2.36. The topological polar surface area (TPSA) is 72.5 Å². The van der Waals surface area contributed by atoms with E-state index in [1.807, 2.05) is 0 Å². The zero-order valence-corrected chi connectivity index (χ0v) is 13.9. The Labute approximate surface area is 124 Å². The van der Waals surface area contributed by atoms with Gasteiger partial charge in [0, 0.05) is 33.3 Å². The number of ether oxygens (including phenoxy) is 1. The molecule has 0 bridgehead atoms. The molecule has 1 aromatic rings. The SMILES string of the molecule is CCS(=O)CCNS(=O)(=O)c1cc(Br)ccc1OC. The second-order valence-corrected chi connectivity index (χ2v) is 8.14. The van der Waals surface area contributed by atoms with Gasteiger partial charge in [-0.15, -0.1) is 0 Å². The van der Waals surface area contributed by atoms with E-state index in [9.17, 15) is 12.6 Å². The molecule has 108 valence electrons. The first-order valence-electron chi connectivity index (χ1n) is 5.59. The zero-order chi connectivity index (χ0) is 14.5. The molecule has 0 spiro atoms. The Hall–Kier alpha value is -0.440. The Kier molecular flexibility index (Phi) is 6.45. The summed E-state index contributed by atoms with van der Waals surface area (Å²) in [5.41, 5.74) is 0. The summed E-state index contributed by atoms with van der Waals surface area (Å²) in [6, 6.07) is 4.74. The van der Waals surface area contributed by atoms with Crippen molar-refractivity contribution in [3.63, 3.8) is 0 Å². The highest BCUT2D eigenvalue weighted by Gasteiger charge is 2.19. The Morgan fingerprint density at radius 2 is 2.11 bits per heavy atom. The Morgan fingerprint density at radius 1 is 1.42 bits per heavy atom. The summed E-state index contributed by atoms with van der Waals surface area (Å²) < 4.78 is 43.6. The molecule has 1 unspecified atom stereocenters. The molecule has 0 aliphatic carbocycles. The molecule has 0 aromatic heterocycles. The molecule has 19 heavy (non-hydrogen) atoms. The van der Waals surface area contributed by atoms with Gasteiger partial charge in [-0.1, -0.05) is 22.9 Å². The largest absolute Gasteiger partial charge is 0.495 e. The third-order valence-corrected chi connectivity index (χ3v) is 5.64. The summed E-state index contributed by atoms with van der Waals surface area (Å²) in [5.74, 6) is 1.08. The Bertz CT molecular complexity index is 560. The van der Waals surface area contributed by atoms with Crippen LogP contribution in [0.3, 0.4) is 0 Å². The normalized spacial score (nSPS) is 13.2. The van der Waals surface area contributed by atoms with Crippen molar-refractivity contribution in [2.75, 3.05) is 25.2 Å². The van der Waals surface area contributed by atoms with Crippen molar-refractivity contribution in [1.29, 1.82) is 0 Å². The van der Waals surface area contributed by atoms with Gasteiger partial charge in [-0.05, 0) is 18.2 Å². The van der Waals surface area contributed by atoms with E-state index in [4.69, 9.17) is 4.74 Å². The molecule has 1 N–H and O–H groups in total. The molecule has 0 radical (unpaired) electrons. The van der Waals surface area contributed by atoms with Crippen LogP contribution in [0.15, 0.2) is 27.6 Å². The first-order chi connectivity index (χ1) is 8.90. The van der Waals surface area contributed by atoms with Crippen molar-refractivity contribution in [3.05, 3.63) is 22.7 Å². The standard InChI is InChI=1S/C11H16BrNO4S2/c1-3-18(14)7-6-13-19(15,16)11-8-9(12)4-5-10(11)17-2/h4-5,8,13H,3,6-7H2,1-2H3. The molecular weight excluding hydrogens is 354 g/mol. The summed E-state index contributed by atoms with van der Waals surface area (Å²) in [5, 5.41) is 0. The lowest BCUT2D eigenvalue weighted by Crippen LogP contribution is -2.28. The van der Waals surface area contributed by atoms with Crippen molar-refractivity contribution in [2.24, 2.45) is 0 Å². The molecule has 0 amide bonds. The number of sulfonamides is 1. The average Bonchev–Trinajstić information content (AvgIpc) is 2.38. The van der Waals surface area contributed by atoms with Crippen LogP contribution in [-0.4, -0.2) is 37.8 Å². The molecule has 0 saturated heterocycles. The first-order valence-corrected chi connectivity index (χ1v) is 9.35. The van der Waals surface area contributed by atoms with E-state index in [0.717, 1.165) is 0 Å². The van der Waals surface area contributed by atoms with E-state index < -0.39 is 20.8 Å². The predicted molar refractivity (Wildman–Crippen MR) is 79.4 cm³/mol. The minimum absolute atomic E-state index is 0.0617. The van der Waals surface area contributed by atoms with E-state index in [2.05, 4.69) is 20.7 Å². The molecule has 0 aliphatic rings. The van der Waals surface area contributed by atoms with Crippen molar-refractivity contribution in [2.45, 2.75) is 11.8 Å². The maximum atomic E-state index is 12.1. The summed E-state index contributed by atoms with van der Waals surface area (Å²) in [4.78, 5) is 0.0617. The number of benzene rings is 1. The molecule has 0 fully saturated rings. The van der Waals surface area contributed by atoms with Gasteiger partial charge in [0.25, 0.3) is 0 Å². The molecule has 1 rings (SSSR count). The number of rotatable bonds is 7. The van der Waals surface area contributed by atoms with E-state index >= 15 is 0 Å². The lowest BCUT2D eigenvalue weighted by Gasteiger charge is -2.10. The fourth-order valence-electron chi connectivity index (χ4n) is 1.37. The van der Waals surface area contributed by atoms with Crippen LogP contribution in [0, 0.1) is 0 Å². The van der Waals surface area contributed by atoms with Crippen molar-refractivity contribution in [1.82, 2.24) is 4.72 Å². The van der Waals surface area contributed by atoms with Crippen LogP contribution in [-0.2, 0) is 20.8 Å². The molecule has 0 heterocycles. The van der Waals surface area contributed by atoms with Gasteiger partial charge in [0.2, 0.25) is 10.0 Å². The monoisotopic (exact) mass is 369 g/mol. The van der Waals surface area contributed by atoms with E-state index in [0.29, 0.717) is 16.0 Å². The molecule has 5 nitrogen and oxygen atoms in total. The lowest BCUT2D eigenvalue weighted by molar-refractivity contribution is 0.402. The van der Waals surface area contributed by atoms with Gasteiger partial charge >= 0.3 is 0 Å². The van der Waals surface area contributed by atoms with Crippen LogP contribution in [0.4, 0.5) is 0 Å². The summed E-state index contributed by atoms with van der Waals surface area (Å²) in [6.07, 6.45) is 0. The highest BCUT2D eigenvalue weighted by molar-refractivity contribution is 9.10. The molecule has 1 atom stereocenters. The van der Waals surface area contributed by atoms with Gasteiger partial charge < -0.3 is 4.74 Å². The maximum Gasteiger partial charge on any atom is 0.244 e. The van der Waals surface area contributed by atoms with Gasteiger partial charge in [0.15, 0.2) is 0 Å². The summed E-state index contributed by atoms with van der Waals surface area (Å²) in [7, 11) is -3.25. The van der Waals surface area contributed by atoms with Crippen molar-refractivity contribution >= 4 is 36.8 Å². The van der Waals surface area contributed by atoms with Gasteiger partial charge in [-0.3, -0.25) is 4.21 Å². The number of methoxy groups -OCH3 is 1. The first kappa shape index (κ1) is 16.6. The van der Waals surface area contributed by atoms with Crippen molar-refractivity contribution < 1.29 is 17.4 Å². The molecule has 0 saturated carbocycles. The minimum atomic E-state index is -3.67. The van der Waals surface area contributed by atoms with Crippen LogP contribution >= 0.6 is 15.9 Å². The number of halogens is 1. The number of hydrogen-bond donors (Lipinski definition) is 1. The zero-order valence-electron chi connectivity index (χ0n) is 10.7. The third kappa shape index (κ3) is 4.87. The maximum absolute atomic E-state index is 12.1. The molecular formula is C11H16BrNO4S2. The van der Waals surface area contributed by atoms with E-state index in [-0.39, 0.29) is 17.2 Å².